The van der Waals surface area contributed by atoms with Gasteiger partial charge in [-0.15, -0.1) is 0 Å². The molecule has 8 nitrogen and oxygen atoms in total. The Morgan fingerprint density at radius 2 is 1.93 bits per heavy atom. The highest BCUT2D eigenvalue weighted by Crippen LogP contribution is 2.53. The third kappa shape index (κ3) is 5.13. The number of rotatable bonds is 7. The molecule has 0 saturated heterocycles. The van der Waals surface area contributed by atoms with E-state index in [0.29, 0.717) is 35.7 Å². The van der Waals surface area contributed by atoms with Gasteiger partial charge >= 0.3 is 0 Å². The van der Waals surface area contributed by atoms with Gasteiger partial charge in [0.2, 0.25) is 0 Å². The normalized spacial score (nSPS) is 23.5. The van der Waals surface area contributed by atoms with E-state index >= 15 is 0 Å². The summed E-state index contributed by atoms with van der Waals surface area (Å²) in [7, 11) is 0. The first-order chi connectivity index (χ1) is 20.9. The first-order valence-electron chi connectivity index (χ1n) is 15.4. The Balaban J connectivity index is 1.21. The van der Waals surface area contributed by atoms with Crippen molar-refractivity contribution in [3.8, 4) is 11.1 Å². The van der Waals surface area contributed by atoms with Gasteiger partial charge in [0.1, 0.15) is 17.3 Å². The van der Waals surface area contributed by atoms with E-state index in [1.807, 2.05) is 30.4 Å². The number of halogens is 1. The fourth-order valence-corrected chi connectivity index (χ4v) is 7.61. The molecule has 2 aromatic heterocycles. The van der Waals surface area contributed by atoms with E-state index in [9.17, 15) is 19.1 Å². The molecule has 9 heteroatoms. The first-order valence-corrected chi connectivity index (χ1v) is 15.4. The van der Waals surface area contributed by atoms with Crippen molar-refractivity contribution in [1.29, 1.82) is 0 Å². The Kier molecular flexibility index (Phi) is 7.08. The summed E-state index contributed by atoms with van der Waals surface area (Å²) in [6, 6.07) is 10.1. The molecule has 3 aromatic rings. The third-order valence-electron chi connectivity index (χ3n) is 10.2. The number of aliphatic imine (C=N–C) groups is 1. The van der Waals surface area contributed by atoms with Crippen LogP contribution in [0.25, 0.3) is 17.2 Å². The smallest absolute Gasteiger partial charge is 0.269 e. The van der Waals surface area contributed by atoms with Crippen molar-refractivity contribution in [2.24, 2.45) is 21.7 Å². The fraction of sp³-hybridized carbons (Fsp3) is 0.441. The number of H-pyrrole nitrogens is 1. The molecule has 43 heavy (non-hydrogen) atoms. The number of ketones is 1. The van der Waals surface area contributed by atoms with E-state index in [0.717, 1.165) is 68.2 Å². The number of hydrogen-bond donors (Lipinski definition) is 3. The average Bonchev–Trinajstić information content (AvgIpc) is 3.62. The van der Waals surface area contributed by atoms with Crippen molar-refractivity contribution in [3.63, 3.8) is 0 Å². The quantitative estimate of drug-likeness (QED) is 0.320. The minimum atomic E-state index is -0.457. The summed E-state index contributed by atoms with van der Waals surface area (Å²) in [5.74, 6) is -0.859. The summed E-state index contributed by atoms with van der Waals surface area (Å²) in [5.41, 5.74) is 3.75. The Labute approximate surface area is 249 Å². The van der Waals surface area contributed by atoms with E-state index in [1.165, 1.54) is 12.1 Å². The highest BCUT2D eigenvalue weighted by atomic mass is 19.1. The lowest BCUT2D eigenvalue weighted by molar-refractivity contribution is -0.124. The number of pyridine rings is 1. The maximum Gasteiger partial charge on any atom is 0.269 e. The van der Waals surface area contributed by atoms with Crippen molar-refractivity contribution in [3.05, 3.63) is 71.4 Å². The topological polar surface area (TPSA) is 120 Å². The van der Waals surface area contributed by atoms with Gasteiger partial charge in [-0.2, -0.15) is 5.10 Å². The summed E-state index contributed by atoms with van der Waals surface area (Å²) in [5, 5.41) is 20.3. The van der Waals surface area contributed by atoms with Gasteiger partial charge in [0.05, 0.1) is 18.2 Å². The van der Waals surface area contributed by atoms with E-state index in [-0.39, 0.29) is 34.9 Å². The molecule has 1 aliphatic heterocycles. The lowest BCUT2D eigenvalue weighted by atomic mass is 9.63. The molecule has 1 amide bonds. The average molecular weight is 582 g/mol. The minimum Gasteiger partial charge on any atom is -0.396 e. The number of aliphatic hydroxyl groups excluding tert-OH is 1. The van der Waals surface area contributed by atoms with Crippen LogP contribution in [0.4, 0.5) is 10.2 Å². The van der Waals surface area contributed by atoms with Gasteiger partial charge in [0.25, 0.3) is 5.91 Å². The number of hydrogen-bond acceptors (Lipinski definition) is 6. The van der Waals surface area contributed by atoms with Crippen molar-refractivity contribution in [2.75, 3.05) is 13.2 Å². The highest BCUT2D eigenvalue weighted by molar-refractivity contribution is 6.11. The first kappa shape index (κ1) is 27.8. The van der Waals surface area contributed by atoms with Crippen molar-refractivity contribution < 1.29 is 19.1 Å². The number of nitrogens with one attached hydrogen (secondary N) is 2. The highest BCUT2D eigenvalue weighted by Gasteiger charge is 2.50. The predicted molar refractivity (Wildman–Crippen MR) is 161 cm³/mol. The summed E-state index contributed by atoms with van der Waals surface area (Å²) in [6.45, 7) is 0.425. The van der Waals surface area contributed by atoms with Crippen LogP contribution in [-0.2, 0) is 4.79 Å². The zero-order chi connectivity index (χ0) is 29.6. The Hall–Kier alpha value is -3.98. The maximum absolute atomic E-state index is 13.9. The van der Waals surface area contributed by atoms with Crippen LogP contribution in [0.1, 0.15) is 85.5 Å². The summed E-state index contributed by atoms with van der Waals surface area (Å²) < 4.78 is 13.7. The summed E-state index contributed by atoms with van der Waals surface area (Å²) >= 11 is 0. The molecular formula is C34H36FN5O3. The van der Waals surface area contributed by atoms with E-state index in [4.69, 9.17) is 4.99 Å². The molecule has 7 rings (SSSR count). The molecular weight excluding hydrogens is 545 g/mol. The van der Waals surface area contributed by atoms with Crippen LogP contribution in [0, 0.1) is 22.6 Å². The van der Waals surface area contributed by atoms with Gasteiger partial charge in [-0.05, 0) is 67.4 Å². The van der Waals surface area contributed by atoms with Gasteiger partial charge in [-0.25, -0.2) is 9.38 Å². The Bertz CT molecular complexity index is 1610. The number of Topliss-reactive ketones (excluding diaryl/α,β-unsaturated/α-hetero) is 1. The van der Waals surface area contributed by atoms with Crippen LogP contribution in [-0.4, -0.2) is 50.8 Å². The van der Waals surface area contributed by atoms with E-state index < -0.39 is 11.8 Å². The molecule has 1 spiro atoms. The number of carbonyl (C=O) groups is 2. The fourth-order valence-electron chi connectivity index (χ4n) is 7.61. The van der Waals surface area contributed by atoms with Crippen LogP contribution < -0.4 is 5.32 Å². The molecule has 3 fully saturated rings. The molecule has 2 atom stereocenters. The van der Waals surface area contributed by atoms with Crippen LogP contribution in [0.3, 0.4) is 0 Å². The number of carbonyl (C=O) groups excluding carboxylic acids is 2. The number of allylic oxidation sites excluding steroid dienone is 1. The standard InChI is InChI=1S/C34H36FN5O3/c35-23-6-3-5-21(15-23)22-7-8-24(36-18-22)9-10-25-28-26(16-33(17-27(28)42)11-1-2-12-33)38-31-29(25)30(39-40-31)32(43)37-19-34(20-41)13-4-14-34/h3,5-10,15,18,25,28,41H,1-2,4,11-14,16-17,19-20H2,(H,37,43)(H,39,40)/b10-9+. The number of aliphatic hydroxyl groups is 1. The van der Waals surface area contributed by atoms with Crippen LogP contribution in [0.15, 0.2) is 53.7 Å². The maximum atomic E-state index is 13.9. The summed E-state index contributed by atoms with van der Waals surface area (Å²) in [6.07, 6.45) is 14.0. The SMILES string of the molecule is O=C(NCC1(CO)CCC1)c1[nH]nc2c1C(/C=C/c1ccc(-c3cccc(F)c3)cn1)C1C(=O)CC3(CCCC3)CC1=N2. The molecule has 3 heterocycles. The molecule has 1 aromatic carbocycles. The zero-order valence-electron chi connectivity index (χ0n) is 24.1. The molecule has 222 valence electrons. The molecule has 3 aliphatic carbocycles. The molecule has 4 aliphatic rings. The number of aromatic nitrogens is 3. The second-order valence-electron chi connectivity index (χ2n) is 13.0. The Morgan fingerprint density at radius 1 is 1.09 bits per heavy atom. The van der Waals surface area contributed by atoms with E-state index in [2.05, 4.69) is 20.5 Å². The van der Waals surface area contributed by atoms with Crippen LogP contribution >= 0.6 is 0 Å². The second kappa shape index (κ2) is 10.9. The number of nitrogens with zero attached hydrogens (tertiary/aromatic N) is 3. The van der Waals surface area contributed by atoms with Crippen molar-refractivity contribution >= 4 is 29.3 Å². The minimum absolute atomic E-state index is 0.00954. The number of fused-ring (bicyclic) bond motifs is 2. The van der Waals surface area contributed by atoms with Crippen LogP contribution in [0.5, 0.6) is 0 Å². The molecule has 3 saturated carbocycles. The van der Waals surface area contributed by atoms with Crippen molar-refractivity contribution in [2.45, 2.75) is 63.7 Å². The number of aromatic amines is 1. The molecule has 0 bridgehead atoms. The third-order valence-corrected chi connectivity index (χ3v) is 10.2. The monoisotopic (exact) mass is 581 g/mol. The van der Waals surface area contributed by atoms with Gasteiger partial charge in [0.15, 0.2) is 5.82 Å². The van der Waals surface area contributed by atoms with E-state index in [1.54, 1.807) is 12.3 Å². The molecule has 0 radical (unpaired) electrons. The van der Waals surface area contributed by atoms with Crippen LogP contribution in [0.2, 0.25) is 0 Å². The second-order valence-corrected chi connectivity index (χ2v) is 13.0. The number of benzene rings is 1. The molecule has 2 unspecified atom stereocenters. The van der Waals surface area contributed by atoms with Gasteiger partial charge in [-0.1, -0.05) is 43.5 Å². The lowest BCUT2D eigenvalue weighted by Gasteiger charge is -2.41. The summed E-state index contributed by atoms with van der Waals surface area (Å²) in [4.78, 5) is 36.8. The lowest BCUT2D eigenvalue weighted by Crippen LogP contribution is -2.45. The zero-order valence-corrected chi connectivity index (χ0v) is 24.1. The van der Waals surface area contributed by atoms with Gasteiger partial charge < -0.3 is 10.4 Å². The van der Waals surface area contributed by atoms with Crippen molar-refractivity contribution in [1.82, 2.24) is 20.5 Å². The Morgan fingerprint density at radius 3 is 2.63 bits per heavy atom. The largest absolute Gasteiger partial charge is 0.396 e. The van der Waals surface area contributed by atoms with Gasteiger partial charge in [-0.3, -0.25) is 19.7 Å². The number of amides is 1. The molecule has 3 N–H and O–H groups in total. The predicted octanol–water partition coefficient (Wildman–Crippen LogP) is 5.93. The van der Waals surface area contributed by atoms with Gasteiger partial charge in [0, 0.05) is 47.3 Å².